The Morgan fingerprint density at radius 1 is 1.40 bits per heavy atom. The number of carbonyl (C=O) groups excluding carboxylic acids is 3. The third kappa shape index (κ3) is 3.15. The van der Waals surface area contributed by atoms with Crippen molar-refractivity contribution in [3.8, 4) is 0 Å². The molecule has 1 saturated carbocycles. The first-order chi connectivity index (χ1) is 11.8. The summed E-state index contributed by atoms with van der Waals surface area (Å²) in [4.78, 5) is 40.2. The van der Waals surface area contributed by atoms with Crippen LogP contribution in [-0.2, 0) is 16.1 Å². The highest BCUT2D eigenvalue weighted by Crippen LogP contribution is 2.38. The molecule has 1 aromatic rings. The van der Waals surface area contributed by atoms with Crippen LogP contribution in [0.3, 0.4) is 0 Å². The third-order valence-corrected chi connectivity index (χ3v) is 5.41. The molecule has 25 heavy (non-hydrogen) atoms. The van der Waals surface area contributed by atoms with E-state index >= 15 is 0 Å². The number of furan rings is 1. The molecule has 7 heteroatoms. The highest BCUT2D eigenvalue weighted by Gasteiger charge is 2.55. The van der Waals surface area contributed by atoms with Crippen LogP contribution < -0.4 is 5.32 Å². The van der Waals surface area contributed by atoms with Crippen molar-refractivity contribution in [2.75, 3.05) is 13.6 Å². The normalized spacial score (nSPS) is 26.2. The third-order valence-electron chi connectivity index (χ3n) is 5.41. The number of likely N-dealkylation sites (N-methyl/N-ethyl adjacent to an activating group) is 1. The van der Waals surface area contributed by atoms with Gasteiger partial charge in [0.25, 0.3) is 5.91 Å². The summed E-state index contributed by atoms with van der Waals surface area (Å²) in [6.45, 7) is 3.89. The molecule has 2 fully saturated rings. The fourth-order valence-electron chi connectivity index (χ4n) is 3.79. The first-order valence-electron chi connectivity index (χ1n) is 8.77. The lowest BCUT2D eigenvalue weighted by Gasteiger charge is -2.36. The van der Waals surface area contributed by atoms with E-state index < -0.39 is 11.6 Å². The number of nitrogens with one attached hydrogen (secondary N) is 1. The quantitative estimate of drug-likeness (QED) is 0.845. The smallest absolute Gasteiger partial charge is 0.325 e. The van der Waals surface area contributed by atoms with Gasteiger partial charge in [0.15, 0.2) is 0 Å². The van der Waals surface area contributed by atoms with Crippen molar-refractivity contribution >= 4 is 17.8 Å². The Bertz CT molecular complexity index is 698. The van der Waals surface area contributed by atoms with E-state index in [2.05, 4.69) is 5.32 Å². The van der Waals surface area contributed by atoms with E-state index in [0.29, 0.717) is 18.7 Å². The highest BCUT2D eigenvalue weighted by molar-refractivity contribution is 6.09. The lowest BCUT2D eigenvalue weighted by molar-refractivity contribution is -0.140. The molecule has 136 valence electrons. The Kier molecular flexibility index (Phi) is 4.58. The van der Waals surface area contributed by atoms with Crippen molar-refractivity contribution in [1.29, 1.82) is 0 Å². The largest absolute Gasteiger partial charge is 0.464 e. The molecule has 0 aromatic carbocycles. The monoisotopic (exact) mass is 347 g/mol. The minimum absolute atomic E-state index is 0.0848. The van der Waals surface area contributed by atoms with Gasteiger partial charge in [-0.2, -0.15) is 0 Å². The molecule has 2 aliphatic rings. The molecular formula is C18H25N3O4. The number of hydrogen-bond donors (Lipinski definition) is 1. The standard InChI is InChI=1S/C18H25N3O4/c1-12-6-4-5-9-18(12)16(23)21(17(24)19-18)11-15(22)20(3)10-14-8-7-13(2)25-14/h7-8,12H,4-6,9-11H2,1-3H3,(H,19,24)/t12-,18+/m1/s1. The summed E-state index contributed by atoms with van der Waals surface area (Å²) in [6, 6.07) is 3.18. The van der Waals surface area contributed by atoms with Crippen molar-refractivity contribution in [2.24, 2.45) is 5.92 Å². The molecule has 0 bridgehead atoms. The predicted octanol–water partition coefficient (Wildman–Crippen LogP) is 2.05. The van der Waals surface area contributed by atoms with E-state index in [4.69, 9.17) is 4.42 Å². The lowest BCUT2D eigenvalue weighted by Crippen LogP contribution is -2.54. The van der Waals surface area contributed by atoms with Crippen LogP contribution in [0.25, 0.3) is 0 Å². The van der Waals surface area contributed by atoms with Gasteiger partial charge in [0.05, 0.1) is 6.54 Å². The molecule has 2 atom stereocenters. The minimum atomic E-state index is -0.827. The van der Waals surface area contributed by atoms with E-state index in [1.54, 1.807) is 7.05 Å². The van der Waals surface area contributed by atoms with Gasteiger partial charge < -0.3 is 14.6 Å². The van der Waals surface area contributed by atoms with Crippen LogP contribution in [-0.4, -0.2) is 46.8 Å². The van der Waals surface area contributed by atoms with Gasteiger partial charge in [0.2, 0.25) is 5.91 Å². The lowest BCUT2D eigenvalue weighted by atomic mass is 9.73. The highest BCUT2D eigenvalue weighted by atomic mass is 16.3. The topological polar surface area (TPSA) is 82.9 Å². The summed E-state index contributed by atoms with van der Waals surface area (Å²) >= 11 is 0. The van der Waals surface area contributed by atoms with Gasteiger partial charge in [-0.05, 0) is 37.8 Å². The van der Waals surface area contributed by atoms with Gasteiger partial charge in [-0.3, -0.25) is 14.5 Å². The van der Waals surface area contributed by atoms with Crippen LogP contribution in [0.1, 0.15) is 44.1 Å². The first-order valence-corrected chi connectivity index (χ1v) is 8.77. The van der Waals surface area contributed by atoms with Crippen molar-refractivity contribution < 1.29 is 18.8 Å². The number of urea groups is 1. The maximum atomic E-state index is 12.9. The first kappa shape index (κ1) is 17.5. The Balaban J connectivity index is 1.66. The Morgan fingerprint density at radius 2 is 2.16 bits per heavy atom. The number of imide groups is 1. The number of amides is 4. The van der Waals surface area contributed by atoms with Gasteiger partial charge >= 0.3 is 6.03 Å². The van der Waals surface area contributed by atoms with E-state index in [9.17, 15) is 14.4 Å². The van der Waals surface area contributed by atoms with Gasteiger partial charge in [-0.25, -0.2) is 4.79 Å². The van der Waals surface area contributed by atoms with Crippen LogP contribution in [0, 0.1) is 12.8 Å². The molecule has 1 N–H and O–H groups in total. The maximum Gasteiger partial charge on any atom is 0.325 e. The van der Waals surface area contributed by atoms with Crippen molar-refractivity contribution in [1.82, 2.24) is 15.1 Å². The second-order valence-electron chi connectivity index (χ2n) is 7.20. The number of hydrogen-bond acceptors (Lipinski definition) is 4. The predicted molar refractivity (Wildman–Crippen MR) is 90.5 cm³/mol. The average Bonchev–Trinajstić information content (AvgIpc) is 3.07. The van der Waals surface area contributed by atoms with Crippen LogP contribution in [0.15, 0.2) is 16.5 Å². The molecule has 1 spiro atoms. The van der Waals surface area contributed by atoms with Gasteiger partial charge in [-0.1, -0.05) is 19.8 Å². The SMILES string of the molecule is Cc1ccc(CN(C)C(=O)CN2C(=O)N[C@]3(CCCC[C@H]3C)C2=O)o1. The van der Waals surface area contributed by atoms with E-state index in [-0.39, 0.29) is 24.3 Å². The zero-order valence-electron chi connectivity index (χ0n) is 15.0. The molecule has 0 unspecified atom stereocenters. The van der Waals surface area contributed by atoms with Crippen molar-refractivity contribution in [2.45, 2.75) is 51.6 Å². The Hall–Kier alpha value is -2.31. The van der Waals surface area contributed by atoms with Crippen LogP contribution >= 0.6 is 0 Å². The second kappa shape index (κ2) is 6.54. The summed E-state index contributed by atoms with van der Waals surface area (Å²) in [6.07, 6.45) is 3.53. The van der Waals surface area contributed by atoms with Crippen molar-refractivity contribution in [3.05, 3.63) is 23.7 Å². The fraction of sp³-hybridized carbons (Fsp3) is 0.611. The Labute approximate surface area is 147 Å². The van der Waals surface area contributed by atoms with E-state index in [1.807, 2.05) is 26.0 Å². The number of aryl methyl sites for hydroxylation is 1. The van der Waals surface area contributed by atoms with Crippen LogP contribution in [0.5, 0.6) is 0 Å². The van der Waals surface area contributed by atoms with Gasteiger partial charge in [-0.15, -0.1) is 0 Å². The summed E-state index contributed by atoms with van der Waals surface area (Å²) in [5.74, 6) is 0.973. The molecule has 0 radical (unpaired) electrons. The zero-order valence-corrected chi connectivity index (χ0v) is 15.0. The molecular weight excluding hydrogens is 322 g/mol. The number of rotatable bonds is 4. The second-order valence-corrected chi connectivity index (χ2v) is 7.20. The molecule has 1 aliphatic heterocycles. The maximum absolute atomic E-state index is 12.9. The summed E-state index contributed by atoms with van der Waals surface area (Å²) in [7, 11) is 1.64. The molecule has 4 amide bonds. The minimum Gasteiger partial charge on any atom is -0.464 e. The number of carbonyl (C=O) groups is 3. The average molecular weight is 347 g/mol. The van der Waals surface area contributed by atoms with Crippen LogP contribution in [0.4, 0.5) is 4.79 Å². The van der Waals surface area contributed by atoms with Crippen molar-refractivity contribution in [3.63, 3.8) is 0 Å². The molecule has 3 rings (SSSR count). The van der Waals surface area contributed by atoms with Crippen LogP contribution in [0.2, 0.25) is 0 Å². The Morgan fingerprint density at radius 3 is 2.80 bits per heavy atom. The molecule has 2 heterocycles. The zero-order chi connectivity index (χ0) is 18.2. The summed E-state index contributed by atoms with van der Waals surface area (Å²) < 4.78 is 5.47. The molecule has 1 aliphatic carbocycles. The molecule has 1 saturated heterocycles. The fourth-order valence-corrected chi connectivity index (χ4v) is 3.79. The summed E-state index contributed by atoms with van der Waals surface area (Å²) in [5.41, 5.74) is -0.827. The number of nitrogens with zero attached hydrogens (tertiary/aromatic N) is 2. The van der Waals surface area contributed by atoms with E-state index in [0.717, 1.165) is 29.9 Å². The molecule has 7 nitrogen and oxygen atoms in total. The summed E-state index contributed by atoms with van der Waals surface area (Å²) in [5, 5.41) is 2.86. The molecule has 1 aromatic heterocycles. The van der Waals surface area contributed by atoms with Gasteiger partial charge in [0, 0.05) is 7.05 Å². The van der Waals surface area contributed by atoms with Gasteiger partial charge in [0.1, 0.15) is 23.6 Å². The van der Waals surface area contributed by atoms with E-state index in [1.165, 1.54) is 4.90 Å².